The van der Waals surface area contributed by atoms with Crippen molar-refractivity contribution in [1.82, 2.24) is 10.2 Å². The maximum absolute atomic E-state index is 10.2. The summed E-state index contributed by atoms with van der Waals surface area (Å²) in [6.45, 7) is 0.424. The van der Waals surface area contributed by atoms with Crippen LogP contribution in [0.15, 0.2) is 9.98 Å². The Bertz CT molecular complexity index is 410. The van der Waals surface area contributed by atoms with Gasteiger partial charge in [-0.2, -0.15) is 0 Å². The lowest BCUT2D eigenvalue weighted by molar-refractivity contribution is 0.0164. The Labute approximate surface area is 98.0 Å². The van der Waals surface area contributed by atoms with E-state index in [1.54, 1.807) is 4.90 Å². The smallest absolute Gasteiger partial charge is 0.193 e. The minimum absolute atomic E-state index is 0.174. The highest BCUT2D eigenvalue weighted by molar-refractivity contribution is 5.86. The molecule has 3 heterocycles. The van der Waals surface area contributed by atoms with E-state index in [1.807, 2.05) is 0 Å². The van der Waals surface area contributed by atoms with Crippen molar-refractivity contribution in [2.75, 3.05) is 13.2 Å². The highest BCUT2D eigenvalue weighted by atomic mass is 16.3. The molecule has 1 fully saturated rings. The van der Waals surface area contributed by atoms with Gasteiger partial charge < -0.3 is 31.9 Å². The zero-order valence-corrected chi connectivity index (χ0v) is 9.24. The third kappa shape index (κ3) is 1.14. The average Bonchev–Trinajstić information content (AvgIpc) is 2.80. The second kappa shape index (κ2) is 3.23. The number of rotatable bonds is 1. The molecule has 8 nitrogen and oxygen atoms in total. The van der Waals surface area contributed by atoms with Crippen molar-refractivity contribution in [3.63, 3.8) is 0 Å². The number of aliphatic hydroxyl groups excluding tert-OH is 2. The quantitative estimate of drug-likeness (QED) is 0.326. The van der Waals surface area contributed by atoms with Crippen molar-refractivity contribution in [3.05, 3.63) is 0 Å². The Morgan fingerprint density at radius 3 is 2.94 bits per heavy atom. The first-order valence-electron chi connectivity index (χ1n) is 5.61. The van der Waals surface area contributed by atoms with E-state index in [4.69, 9.17) is 11.5 Å². The average molecular weight is 240 g/mol. The Balaban J connectivity index is 2.10. The highest BCUT2D eigenvalue weighted by Crippen LogP contribution is 2.39. The number of nitrogens with two attached hydrogens (primary N) is 2. The Hall–Kier alpha value is -1.54. The Morgan fingerprint density at radius 1 is 1.47 bits per heavy atom. The van der Waals surface area contributed by atoms with Gasteiger partial charge in [0.05, 0.1) is 12.7 Å². The van der Waals surface area contributed by atoms with Crippen LogP contribution >= 0.6 is 0 Å². The lowest BCUT2D eigenvalue weighted by Gasteiger charge is -2.46. The van der Waals surface area contributed by atoms with Gasteiger partial charge in [-0.3, -0.25) is 0 Å². The van der Waals surface area contributed by atoms with Crippen molar-refractivity contribution >= 4 is 11.9 Å². The van der Waals surface area contributed by atoms with E-state index in [0.717, 1.165) is 0 Å². The fourth-order valence-electron chi connectivity index (χ4n) is 3.04. The predicted octanol–water partition coefficient (Wildman–Crippen LogP) is -3.27. The first kappa shape index (κ1) is 10.6. The van der Waals surface area contributed by atoms with Gasteiger partial charge in [-0.05, 0) is 6.42 Å². The van der Waals surface area contributed by atoms with Crippen molar-refractivity contribution in [3.8, 4) is 0 Å². The Morgan fingerprint density at radius 2 is 2.24 bits per heavy atom. The molecule has 3 aliphatic rings. The highest BCUT2D eigenvalue weighted by Gasteiger charge is 2.62. The first-order chi connectivity index (χ1) is 8.09. The van der Waals surface area contributed by atoms with Crippen LogP contribution in [-0.2, 0) is 0 Å². The van der Waals surface area contributed by atoms with E-state index < -0.39 is 23.9 Å². The van der Waals surface area contributed by atoms with Gasteiger partial charge in [0.15, 0.2) is 17.6 Å². The molecule has 7 N–H and O–H groups in total. The van der Waals surface area contributed by atoms with E-state index >= 15 is 0 Å². The van der Waals surface area contributed by atoms with Gasteiger partial charge in [0.2, 0.25) is 0 Å². The van der Waals surface area contributed by atoms with Crippen LogP contribution in [0.3, 0.4) is 0 Å². The maximum atomic E-state index is 10.2. The van der Waals surface area contributed by atoms with E-state index in [2.05, 4.69) is 15.3 Å². The lowest BCUT2D eigenvalue weighted by atomic mass is 9.89. The fourth-order valence-corrected chi connectivity index (χ4v) is 3.04. The number of aliphatic hydroxyl groups is 2. The van der Waals surface area contributed by atoms with Crippen molar-refractivity contribution in [1.29, 1.82) is 0 Å². The molecule has 0 saturated carbocycles. The molecule has 8 heteroatoms. The molecule has 94 valence electrons. The molecule has 17 heavy (non-hydrogen) atoms. The third-order valence-electron chi connectivity index (χ3n) is 3.76. The molecule has 0 radical (unpaired) electrons. The minimum atomic E-state index is -0.830. The zero-order chi connectivity index (χ0) is 12.2. The van der Waals surface area contributed by atoms with Crippen molar-refractivity contribution in [2.24, 2.45) is 21.5 Å². The fraction of sp³-hybridized carbons (Fsp3) is 0.778. The van der Waals surface area contributed by atoms with Crippen LogP contribution < -0.4 is 16.8 Å². The summed E-state index contributed by atoms with van der Waals surface area (Å²) in [5.74, 6) is 0.568. The van der Waals surface area contributed by atoms with E-state index in [-0.39, 0.29) is 12.6 Å². The van der Waals surface area contributed by atoms with Gasteiger partial charge in [-0.25, -0.2) is 9.98 Å². The summed E-state index contributed by atoms with van der Waals surface area (Å²) in [7, 11) is 0. The molecule has 1 spiro atoms. The number of hydrogen-bond donors (Lipinski definition) is 5. The van der Waals surface area contributed by atoms with Crippen LogP contribution in [0.2, 0.25) is 0 Å². The zero-order valence-electron chi connectivity index (χ0n) is 9.24. The van der Waals surface area contributed by atoms with Crippen LogP contribution in [0.25, 0.3) is 0 Å². The molecular weight excluding hydrogens is 224 g/mol. The van der Waals surface area contributed by atoms with Crippen LogP contribution in [-0.4, -0.2) is 64.0 Å². The second-order valence-corrected chi connectivity index (χ2v) is 4.60. The molecular formula is C9H16N6O2. The molecule has 0 amide bonds. The molecule has 3 aliphatic heterocycles. The third-order valence-corrected chi connectivity index (χ3v) is 3.76. The van der Waals surface area contributed by atoms with Crippen LogP contribution in [0, 0.1) is 0 Å². The monoisotopic (exact) mass is 240 g/mol. The van der Waals surface area contributed by atoms with Gasteiger partial charge in [0.1, 0.15) is 12.1 Å². The summed E-state index contributed by atoms with van der Waals surface area (Å²) in [4.78, 5) is 10.2. The van der Waals surface area contributed by atoms with E-state index in [1.165, 1.54) is 0 Å². The molecule has 3 rings (SSSR count). The largest absolute Gasteiger partial charge is 0.394 e. The van der Waals surface area contributed by atoms with Gasteiger partial charge in [0.25, 0.3) is 0 Å². The van der Waals surface area contributed by atoms with Gasteiger partial charge in [0, 0.05) is 6.54 Å². The van der Waals surface area contributed by atoms with E-state index in [9.17, 15) is 10.2 Å². The van der Waals surface area contributed by atoms with Crippen LogP contribution in [0.5, 0.6) is 0 Å². The van der Waals surface area contributed by atoms with Crippen molar-refractivity contribution in [2.45, 2.75) is 30.3 Å². The molecule has 0 aromatic carbocycles. The number of aliphatic imine (C=N–C) groups is 2. The van der Waals surface area contributed by atoms with Crippen molar-refractivity contribution < 1.29 is 10.2 Å². The molecule has 1 saturated heterocycles. The normalized spacial score (nSPS) is 43.6. The molecule has 0 aromatic heterocycles. The van der Waals surface area contributed by atoms with Crippen LogP contribution in [0.1, 0.15) is 6.42 Å². The molecule has 0 aliphatic carbocycles. The summed E-state index contributed by atoms with van der Waals surface area (Å²) in [5.41, 5.74) is 10.7. The topological polar surface area (TPSA) is 132 Å². The molecule has 4 atom stereocenters. The molecule has 0 aromatic rings. The molecule has 0 bridgehead atoms. The number of hydrogen-bond acceptors (Lipinski definition) is 8. The summed E-state index contributed by atoms with van der Waals surface area (Å²) in [5, 5.41) is 22.6. The van der Waals surface area contributed by atoms with Gasteiger partial charge in [-0.1, -0.05) is 0 Å². The first-order valence-corrected chi connectivity index (χ1v) is 5.61. The Kier molecular flexibility index (Phi) is 2.02. The lowest BCUT2D eigenvalue weighted by Crippen LogP contribution is -2.72. The predicted molar refractivity (Wildman–Crippen MR) is 61.1 cm³/mol. The summed E-state index contributed by atoms with van der Waals surface area (Å²) >= 11 is 0. The molecule has 2 unspecified atom stereocenters. The summed E-state index contributed by atoms with van der Waals surface area (Å²) in [6, 6.07) is -0.871. The number of nitrogens with one attached hydrogen (secondary N) is 1. The number of nitrogens with zero attached hydrogens (tertiary/aromatic N) is 3. The van der Waals surface area contributed by atoms with Gasteiger partial charge >= 0.3 is 0 Å². The summed E-state index contributed by atoms with van der Waals surface area (Å²) in [6.07, 6.45) is -0.0684. The standard InChI is InChI=1S/C9H16N6O2/c10-7-13-6-4(3-16)12-8(11)15-2-1-5(17)9(6,15)14-7/h4-6,16-17H,1-3H2,(H2,11,12)(H3,10,13,14)/t4-,5?,6-,9?/m0/s1. The second-order valence-electron chi connectivity index (χ2n) is 4.60. The number of guanidine groups is 2. The van der Waals surface area contributed by atoms with Crippen LogP contribution in [0.4, 0.5) is 0 Å². The summed E-state index contributed by atoms with van der Waals surface area (Å²) < 4.78 is 0. The van der Waals surface area contributed by atoms with E-state index in [0.29, 0.717) is 18.9 Å². The minimum Gasteiger partial charge on any atom is -0.394 e. The maximum Gasteiger partial charge on any atom is 0.193 e. The van der Waals surface area contributed by atoms with Gasteiger partial charge in [-0.15, -0.1) is 0 Å². The SMILES string of the molecule is NC1=N[C@H]2[C@H](CO)N=C(N)N3CCC(O)C23N1.